The molecule has 4 amide bonds. The predicted molar refractivity (Wildman–Crippen MR) is 160 cm³/mol. The number of hydrogen-bond donors (Lipinski definition) is 2. The molecule has 2 saturated heterocycles. The summed E-state index contributed by atoms with van der Waals surface area (Å²) >= 11 is 0. The van der Waals surface area contributed by atoms with E-state index in [0.29, 0.717) is 25.9 Å². The zero-order chi connectivity index (χ0) is 30.7. The first kappa shape index (κ1) is 32.4. The van der Waals surface area contributed by atoms with Crippen molar-refractivity contribution in [2.45, 2.75) is 154 Å². The summed E-state index contributed by atoms with van der Waals surface area (Å²) in [4.78, 5) is 57.6. The van der Waals surface area contributed by atoms with E-state index >= 15 is 0 Å². The summed E-state index contributed by atoms with van der Waals surface area (Å²) in [6, 6.07) is -1.46. The molecular weight excluding hydrogens is 536 g/mol. The number of nitrogens with one attached hydrogen (secondary N) is 2. The molecule has 0 aromatic carbocycles. The van der Waals surface area contributed by atoms with Crippen LogP contribution in [0.2, 0.25) is 0 Å². The van der Waals surface area contributed by atoms with Crippen molar-refractivity contribution in [2.75, 3.05) is 13.1 Å². The standard InChI is InChI=1S/C32H54N4O6/c1-31(2,3)41-29(39)33-25(21-13-9-7-10-14-21)27(37)35-19-17-24-23(35)18-20-36(24)28(38)26(22-15-11-8-12-16-22)34-30(40)42-32(4,5)6/h21-26H,7-20H2,1-6H3,(H,33,39)(H,34,40). The Morgan fingerprint density at radius 1 is 0.571 bits per heavy atom. The quantitative estimate of drug-likeness (QED) is 0.443. The van der Waals surface area contributed by atoms with Crippen LogP contribution in [-0.2, 0) is 19.1 Å². The highest BCUT2D eigenvalue weighted by atomic mass is 16.6. The van der Waals surface area contributed by atoms with E-state index in [9.17, 15) is 19.2 Å². The molecule has 238 valence electrons. The van der Waals surface area contributed by atoms with Crippen LogP contribution in [-0.4, -0.2) is 82.3 Å². The fourth-order valence-electron chi connectivity index (χ4n) is 7.46. The zero-order valence-electron chi connectivity index (χ0n) is 26.7. The van der Waals surface area contributed by atoms with Crippen molar-refractivity contribution in [1.29, 1.82) is 0 Å². The van der Waals surface area contributed by atoms with Crippen molar-refractivity contribution in [3.05, 3.63) is 0 Å². The second kappa shape index (κ2) is 13.4. The van der Waals surface area contributed by atoms with E-state index in [4.69, 9.17) is 9.47 Å². The van der Waals surface area contributed by atoms with Crippen LogP contribution in [0.5, 0.6) is 0 Å². The molecule has 4 fully saturated rings. The van der Waals surface area contributed by atoms with E-state index in [1.165, 1.54) is 0 Å². The van der Waals surface area contributed by atoms with Gasteiger partial charge in [-0.1, -0.05) is 38.5 Å². The molecule has 4 aliphatic rings. The average Bonchev–Trinajstić information content (AvgIpc) is 3.51. The molecule has 4 atom stereocenters. The first-order valence-electron chi connectivity index (χ1n) is 16.3. The Balaban J connectivity index is 1.47. The Labute approximate surface area is 252 Å². The van der Waals surface area contributed by atoms with Gasteiger partial charge in [-0.05, 0) is 91.9 Å². The monoisotopic (exact) mass is 590 g/mol. The van der Waals surface area contributed by atoms with Crippen LogP contribution in [0.25, 0.3) is 0 Å². The number of fused-ring (bicyclic) bond motifs is 1. The van der Waals surface area contributed by atoms with Gasteiger partial charge in [0.15, 0.2) is 0 Å². The highest BCUT2D eigenvalue weighted by molar-refractivity contribution is 5.88. The van der Waals surface area contributed by atoms with E-state index in [1.807, 2.05) is 51.3 Å². The molecule has 0 aromatic rings. The van der Waals surface area contributed by atoms with Crippen molar-refractivity contribution in [3.8, 4) is 0 Å². The molecule has 2 heterocycles. The molecule has 10 nitrogen and oxygen atoms in total. The minimum atomic E-state index is -0.655. The lowest BCUT2D eigenvalue weighted by Gasteiger charge is -2.36. The maximum absolute atomic E-state index is 14.1. The minimum absolute atomic E-state index is 0.0646. The van der Waals surface area contributed by atoms with Gasteiger partial charge in [-0.2, -0.15) is 0 Å². The van der Waals surface area contributed by atoms with Gasteiger partial charge in [0.2, 0.25) is 11.8 Å². The summed E-state index contributed by atoms with van der Waals surface area (Å²) in [5.41, 5.74) is -1.31. The topological polar surface area (TPSA) is 117 Å². The van der Waals surface area contributed by atoms with E-state index in [0.717, 1.165) is 64.2 Å². The molecule has 4 rings (SSSR count). The molecule has 2 saturated carbocycles. The second-order valence-electron chi connectivity index (χ2n) is 14.8. The van der Waals surface area contributed by atoms with Crippen molar-refractivity contribution < 1.29 is 28.7 Å². The van der Waals surface area contributed by atoms with Gasteiger partial charge in [0.25, 0.3) is 0 Å². The van der Waals surface area contributed by atoms with E-state index < -0.39 is 35.5 Å². The molecule has 0 bridgehead atoms. The maximum Gasteiger partial charge on any atom is 0.408 e. The normalized spacial score (nSPS) is 25.4. The number of carbonyl (C=O) groups excluding carboxylic acids is 4. The number of rotatable bonds is 6. The minimum Gasteiger partial charge on any atom is -0.444 e. The number of likely N-dealkylation sites (tertiary alicyclic amines) is 2. The Kier molecular flexibility index (Phi) is 10.3. The summed E-state index contributed by atoms with van der Waals surface area (Å²) in [6.45, 7) is 12.0. The zero-order valence-corrected chi connectivity index (χ0v) is 26.7. The van der Waals surface area contributed by atoms with Crippen molar-refractivity contribution in [1.82, 2.24) is 20.4 Å². The SMILES string of the molecule is CC(C)(C)OC(=O)NC(C(=O)N1CCC2C1CCN2C(=O)C(NC(=O)OC(C)(C)C)C1CCCCC1)C1CCCCC1. The lowest BCUT2D eigenvalue weighted by Crippen LogP contribution is -2.56. The van der Waals surface area contributed by atoms with Crippen LogP contribution in [0.15, 0.2) is 0 Å². The number of alkyl carbamates (subject to hydrolysis) is 2. The van der Waals surface area contributed by atoms with Gasteiger partial charge in [-0.15, -0.1) is 0 Å². The third-order valence-corrected chi connectivity index (χ3v) is 9.26. The van der Waals surface area contributed by atoms with Crippen molar-refractivity contribution in [2.24, 2.45) is 11.8 Å². The summed E-state index contributed by atoms with van der Waals surface area (Å²) in [5, 5.41) is 5.88. The summed E-state index contributed by atoms with van der Waals surface area (Å²) in [5.74, 6) is 0.0203. The second-order valence-corrected chi connectivity index (χ2v) is 14.8. The Hall–Kier alpha value is -2.52. The molecule has 2 aliphatic carbocycles. The van der Waals surface area contributed by atoms with Gasteiger partial charge >= 0.3 is 12.2 Å². The largest absolute Gasteiger partial charge is 0.444 e. The van der Waals surface area contributed by atoms with Crippen LogP contribution < -0.4 is 10.6 Å². The van der Waals surface area contributed by atoms with Crippen LogP contribution in [0, 0.1) is 11.8 Å². The van der Waals surface area contributed by atoms with Crippen LogP contribution in [0.1, 0.15) is 119 Å². The number of nitrogens with zero attached hydrogens (tertiary/aromatic N) is 2. The number of amides is 4. The fourth-order valence-corrected chi connectivity index (χ4v) is 7.46. The average molecular weight is 591 g/mol. The number of carbonyl (C=O) groups is 4. The molecule has 0 spiro atoms. The molecule has 4 unspecified atom stereocenters. The molecule has 42 heavy (non-hydrogen) atoms. The lowest BCUT2D eigenvalue weighted by atomic mass is 9.83. The molecular formula is C32H54N4O6. The summed E-state index contributed by atoms with van der Waals surface area (Å²) < 4.78 is 11.1. The molecule has 0 radical (unpaired) electrons. The highest BCUT2D eigenvalue weighted by Gasteiger charge is 2.50. The number of ether oxygens (including phenoxy) is 2. The summed E-state index contributed by atoms with van der Waals surface area (Å²) in [7, 11) is 0. The van der Waals surface area contributed by atoms with E-state index in [-0.39, 0.29) is 35.7 Å². The van der Waals surface area contributed by atoms with Gasteiger partial charge < -0.3 is 29.9 Å². The van der Waals surface area contributed by atoms with Gasteiger partial charge in [0.1, 0.15) is 23.3 Å². The fraction of sp³-hybridized carbons (Fsp3) is 0.875. The maximum atomic E-state index is 14.1. The Morgan fingerprint density at radius 2 is 0.905 bits per heavy atom. The van der Waals surface area contributed by atoms with Crippen LogP contribution in [0.3, 0.4) is 0 Å². The van der Waals surface area contributed by atoms with Gasteiger partial charge in [0, 0.05) is 13.1 Å². The van der Waals surface area contributed by atoms with E-state index in [2.05, 4.69) is 10.6 Å². The third-order valence-electron chi connectivity index (χ3n) is 9.26. The van der Waals surface area contributed by atoms with Gasteiger partial charge in [-0.3, -0.25) is 9.59 Å². The van der Waals surface area contributed by atoms with Crippen LogP contribution >= 0.6 is 0 Å². The molecule has 2 aliphatic heterocycles. The van der Waals surface area contributed by atoms with Crippen molar-refractivity contribution in [3.63, 3.8) is 0 Å². The number of hydrogen-bond acceptors (Lipinski definition) is 6. The Bertz CT molecular complexity index is 898. The van der Waals surface area contributed by atoms with Gasteiger partial charge in [0.05, 0.1) is 12.1 Å². The molecule has 10 heteroatoms. The summed E-state index contributed by atoms with van der Waals surface area (Å²) in [6.07, 6.45) is 10.3. The smallest absolute Gasteiger partial charge is 0.408 e. The molecule has 2 N–H and O–H groups in total. The first-order valence-corrected chi connectivity index (χ1v) is 16.3. The third kappa shape index (κ3) is 8.31. The predicted octanol–water partition coefficient (Wildman–Crippen LogP) is 5.14. The van der Waals surface area contributed by atoms with Crippen LogP contribution in [0.4, 0.5) is 9.59 Å². The molecule has 0 aromatic heterocycles. The first-order chi connectivity index (χ1) is 19.7. The van der Waals surface area contributed by atoms with E-state index in [1.54, 1.807) is 0 Å². The Morgan fingerprint density at radius 3 is 1.21 bits per heavy atom. The van der Waals surface area contributed by atoms with Gasteiger partial charge in [-0.25, -0.2) is 9.59 Å². The highest BCUT2D eigenvalue weighted by Crippen LogP contribution is 2.36. The lowest BCUT2D eigenvalue weighted by molar-refractivity contribution is -0.138. The van der Waals surface area contributed by atoms with Crippen molar-refractivity contribution >= 4 is 24.0 Å².